The van der Waals surface area contributed by atoms with E-state index in [0.29, 0.717) is 29.7 Å². The van der Waals surface area contributed by atoms with E-state index >= 15 is 0 Å². The van der Waals surface area contributed by atoms with E-state index in [1.54, 1.807) is 21.1 Å². The smallest absolute Gasteiger partial charge is 0.261 e. The van der Waals surface area contributed by atoms with Crippen molar-refractivity contribution in [3.05, 3.63) is 53.6 Å². The first-order chi connectivity index (χ1) is 12.4. The maximum Gasteiger partial charge on any atom is 0.261 e. The van der Waals surface area contributed by atoms with Gasteiger partial charge in [-0.05, 0) is 48.2 Å². The summed E-state index contributed by atoms with van der Waals surface area (Å²) in [5.41, 5.74) is 2.16. The third-order valence-electron chi connectivity index (χ3n) is 4.14. The van der Waals surface area contributed by atoms with Gasteiger partial charge in [-0.25, -0.2) is 0 Å². The van der Waals surface area contributed by atoms with Crippen LogP contribution in [-0.4, -0.2) is 26.2 Å². The number of hydrogen-bond acceptors (Lipinski definition) is 4. The Labute approximate surface area is 155 Å². The van der Waals surface area contributed by atoms with Crippen molar-refractivity contribution in [1.82, 2.24) is 5.32 Å². The van der Waals surface area contributed by atoms with E-state index < -0.39 is 6.10 Å². The molecule has 1 amide bonds. The summed E-state index contributed by atoms with van der Waals surface area (Å²) in [6.45, 7) is 6.40. The zero-order valence-corrected chi connectivity index (χ0v) is 16.0. The van der Waals surface area contributed by atoms with Crippen molar-refractivity contribution in [2.45, 2.75) is 39.3 Å². The lowest BCUT2D eigenvalue weighted by atomic mass is 10.0. The molecule has 26 heavy (non-hydrogen) atoms. The van der Waals surface area contributed by atoms with Crippen molar-refractivity contribution < 1.29 is 19.0 Å². The van der Waals surface area contributed by atoms with Gasteiger partial charge in [-0.2, -0.15) is 0 Å². The molecule has 0 spiro atoms. The summed E-state index contributed by atoms with van der Waals surface area (Å²) in [5.74, 6) is 2.26. The first-order valence-electron chi connectivity index (χ1n) is 8.69. The minimum Gasteiger partial charge on any atom is -0.493 e. The normalized spacial score (nSPS) is 11.8. The topological polar surface area (TPSA) is 56.8 Å². The number of nitrogens with one attached hydrogen (secondary N) is 1. The monoisotopic (exact) mass is 357 g/mol. The minimum atomic E-state index is -0.583. The van der Waals surface area contributed by atoms with Crippen molar-refractivity contribution in [1.29, 1.82) is 0 Å². The lowest BCUT2D eigenvalue weighted by molar-refractivity contribution is -0.127. The number of carbonyl (C=O) groups is 1. The number of rotatable bonds is 8. The molecule has 2 aromatic rings. The van der Waals surface area contributed by atoms with Gasteiger partial charge < -0.3 is 19.5 Å². The summed E-state index contributed by atoms with van der Waals surface area (Å²) >= 11 is 0. The van der Waals surface area contributed by atoms with Crippen LogP contribution in [0, 0.1) is 0 Å². The van der Waals surface area contributed by atoms with Gasteiger partial charge in [0, 0.05) is 6.54 Å². The first kappa shape index (κ1) is 19.6. The minimum absolute atomic E-state index is 0.173. The molecule has 0 radical (unpaired) electrons. The van der Waals surface area contributed by atoms with Crippen LogP contribution in [0.5, 0.6) is 17.2 Å². The Hall–Kier alpha value is -2.69. The second kappa shape index (κ2) is 9.13. The number of benzene rings is 2. The fourth-order valence-corrected chi connectivity index (χ4v) is 2.51. The highest BCUT2D eigenvalue weighted by atomic mass is 16.5. The van der Waals surface area contributed by atoms with E-state index in [2.05, 4.69) is 19.2 Å². The summed E-state index contributed by atoms with van der Waals surface area (Å²) in [6, 6.07) is 13.4. The number of methoxy groups -OCH3 is 2. The van der Waals surface area contributed by atoms with Gasteiger partial charge in [0.2, 0.25) is 0 Å². The maximum atomic E-state index is 12.3. The van der Waals surface area contributed by atoms with E-state index in [4.69, 9.17) is 14.2 Å². The molecular formula is C21H27NO4. The summed E-state index contributed by atoms with van der Waals surface area (Å²) in [5, 5.41) is 2.88. The van der Waals surface area contributed by atoms with Gasteiger partial charge >= 0.3 is 0 Å². The summed E-state index contributed by atoms with van der Waals surface area (Å²) in [7, 11) is 3.17. The molecule has 1 atom stereocenters. The van der Waals surface area contributed by atoms with Crippen LogP contribution in [0.1, 0.15) is 37.8 Å². The number of amides is 1. The molecule has 0 heterocycles. The van der Waals surface area contributed by atoms with Crippen molar-refractivity contribution in [2.24, 2.45) is 0 Å². The number of carbonyl (C=O) groups excluding carboxylic acids is 1. The highest BCUT2D eigenvalue weighted by Gasteiger charge is 2.15. The molecule has 1 N–H and O–H groups in total. The fraction of sp³-hybridized carbons (Fsp3) is 0.381. The van der Waals surface area contributed by atoms with Crippen molar-refractivity contribution >= 4 is 5.91 Å². The molecule has 0 aliphatic heterocycles. The highest BCUT2D eigenvalue weighted by molar-refractivity contribution is 5.80. The Bertz CT molecular complexity index is 725. The third-order valence-corrected chi connectivity index (χ3v) is 4.14. The van der Waals surface area contributed by atoms with E-state index in [1.165, 1.54) is 5.56 Å². The second-order valence-electron chi connectivity index (χ2n) is 6.39. The van der Waals surface area contributed by atoms with Crippen LogP contribution < -0.4 is 19.5 Å². The third kappa shape index (κ3) is 5.15. The van der Waals surface area contributed by atoms with Crippen LogP contribution in [-0.2, 0) is 11.3 Å². The first-order valence-corrected chi connectivity index (χ1v) is 8.69. The SMILES string of the molecule is COc1ccc(CNC(=O)C(C)Oc2ccc(C(C)C)cc2)cc1OC. The average molecular weight is 357 g/mol. The molecule has 0 fully saturated rings. The van der Waals surface area contributed by atoms with Gasteiger partial charge in [0.05, 0.1) is 14.2 Å². The predicted octanol–water partition coefficient (Wildman–Crippen LogP) is 3.91. The van der Waals surface area contributed by atoms with Gasteiger partial charge in [0.1, 0.15) is 5.75 Å². The molecule has 1 unspecified atom stereocenters. The molecule has 0 bridgehead atoms. The van der Waals surface area contributed by atoms with E-state index in [-0.39, 0.29) is 5.91 Å². The fourth-order valence-electron chi connectivity index (χ4n) is 2.51. The predicted molar refractivity (Wildman–Crippen MR) is 102 cm³/mol. The molecule has 0 aromatic heterocycles. The molecule has 0 saturated heterocycles. The Kier molecular flexibility index (Phi) is 6.89. The molecule has 2 aromatic carbocycles. The van der Waals surface area contributed by atoms with Crippen LogP contribution in [0.3, 0.4) is 0 Å². The van der Waals surface area contributed by atoms with Crippen LogP contribution >= 0.6 is 0 Å². The Morgan fingerprint density at radius 1 is 0.962 bits per heavy atom. The van der Waals surface area contributed by atoms with E-state index in [9.17, 15) is 4.79 Å². The highest BCUT2D eigenvalue weighted by Crippen LogP contribution is 2.27. The van der Waals surface area contributed by atoms with Crippen molar-refractivity contribution in [2.75, 3.05) is 14.2 Å². The van der Waals surface area contributed by atoms with Crippen molar-refractivity contribution in [3.63, 3.8) is 0 Å². The number of hydrogen-bond donors (Lipinski definition) is 1. The molecule has 140 valence electrons. The van der Waals surface area contributed by atoms with Gasteiger partial charge in [0.15, 0.2) is 17.6 Å². The largest absolute Gasteiger partial charge is 0.493 e. The van der Waals surface area contributed by atoms with Crippen LogP contribution in [0.2, 0.25) is 0 Å². The maximum absolute atomic E-state index is 12.3. The lowest BCUT2D eigenvalue weighted by Crippen LogP contribution is -2.35. The Balaban J connectivity index is 1.90. The molecule has 5 heteroatoms. The Morgan fingerprint density at radius 2 is 1.62 bits per heavy atom. The average Bonchev–Trinajstić information content (AvgIpc) is 2.66. The van der Waals surface area contributed by atoms with Crippen LogP contribution in [0.4, 0.5) is 0 Å². The zero-order chi connectivity index (χ0) is 19.1. The lowest BCUT2D eigenvalue weighted by Gasteiger charge is -2.16. The quantitative estimate of drug-likeness (QED) is 0.778. The second-order valence-corrected chi connectivity index (χ2v) is 6.39. The van der Waals surface area contributed by atoms with Crippen LogP contribution in [0.25, 0.3) is 0 Å². The van der Waals surface area contributed by atoms with Gasteiger partial charge in [0.25, 0.3) is 5.91 Å². The molecule has 0 saturated carbocycles. The van der Waals surface area contributed by atoms with Gasteiger partial charge in [-0.3, -0.25) is 4.79 Å². The van der Waals surface area contributed by atoms with Crippen LogP contribution in [0.15, 0.2) is 42.5 Å². The van der Waals surface area contributed by atoms with E-state index in [0.717, 1.165) is 5.56 Å². The summed E-state index contributed by atoms with van der Waals surface area (Å²) in [6.07, 6.45) is -0.583. The summed E-state index contributed by atoms with van der Waals surface area (Å²) in [4.78, 5) is 12.3. The molecule has 0 aliphatic carbocycles. The standard InChI is InChI=1S/C21H27NO4/c1-14(2)17-7-9-18(10-8-17)26-15(3)21(23)22-13-16-6-11-19(24-4)20(12-16)25-5/h6-12,14-15H,13H2,1-5H3,(H,22,23). The summed E-state index contributed by atoms with van der Waals surface area (Å²) < 4.78 is 16.2. The zero-order valence-electron chi connectivity index (χ0n) is 16.0. The Morgan fingerprint density at radius 3 is 2.19 bits per heavy atom. The van der Waals surface area contributed by atoms with Crippen molar-refractivity contribution in [3.8, 4) is 17.2 Å². The van der Waals surface area contributed by atoms with Gasteiger partial charge in [-0.1, -0.05) is 32.0 Å². The molecule has 5 nitrogen and oxygen atoms in total. The molecule has 2 rings (SSSR count). The van der Waals surface area contributed by atoms with Gasteiger partial charge in [-0.15, -0.1) is 0 Å². The van der Waals surface area contributed by atoms with E-state index in [1.807, 2.05) is 42.5 Å². The molecule has 0 aliphatic rings. The number of ether oxygens (including phenoxy) is 3. The molecular weight excluding hydrogens is 330 g/mol.